The molecule has 1 aromatic heterocycles. The minimum atomic E-state index is -0.489. The molecule has 20 heavy (non-hydrogen) atoms. The van der Waals surface area contributed by atoms with Gasteiger partial charge in [0.25, 0.3) is 5.91 Å². The number of halogens is 1. The lowest BCUT2D eigenvalue weighted by Gasteiger charge is -2.20. The van der Waals surface area contributed by atoms with E-state index >= 15 is 0 Å². The summed E-state index contributed by atoms with van der Waals surface area (Å²) < 4.78 is 18.8. The Morgan fingerprint density at radius 3 is 2.80 bits per heavy atom. The van der Waals surface area contributed by atoms with Gasteiger partial charge in [0, 0.05) is 18.0 Å². The molecule has 2 rings (SSSR count). The van der Waals surface area contributed by atoms with Crippen molar-refractivity contribution < 1.29 is 18.7 Å². The van der Waals surface area contributed by atoms with Crippen molar-refractivity contribution in [3.05, 3.63) is 35.8 Å². The van der Waals surface area contributed by atoms with Crippen LogP contribution in [-0.4, -0.2) is 23.7 Å². The Kier molecular flexibility index (Phi) is 4.39. The molecule has 0 fully saturated rings. The van der Waals surface area contributed by atoms with E-state index in [1.165, 1.54) is 12.1 Å². The quantitative estimate of drug-likeness (QED) is 0.884. The second-order valence-electron chi connectivity index (χ2n) is 5.11. The molecule has 1 atom stereocenters. The van der Waals surface area contributed by atoms with Crippen molar-refractivity contribution in [3.63, 3.8) is 0 Å². The highest BCUT2D eigenvalue weighted by atomic mass is 19.1. The molecule has 5 heteroatoms. The molecule has 2 N–H and O–H groups in total. The maximum absolute atomic E-state index is 13.5. The molecule has 1 unspecified atom stereocenters. The van der Waals surface area contributed by atoms with Crippen LogP contribution in [-0.2, 0) is 0 Å². The van der Waals surface area contributed by atoms with Crippen LogP contribution in [0.5, 0.6) is 0 Å². The fraction of sp³-hybridized carbons (Fsp3) is 0.400. The van der Waals surface area contributed by atoms with Crippen molar-refractivity contribution >= 4 is 16.9 Å². The first-order valence-electron chi connectivity index (χ1n) is 6.62. The SMILES string of the molecule is CC(C)C(CCO)NC(=O)c1cc2cccc(F)c2o1. The lowest BCUT2D eigenvalue weighted by atomic mass is 10.0. The van der Waals surface area contributed by atoms with E-state index in [2.05, 4.69) is 5.32 Å². The molecule has 2 aromatic rings. The third-order valence-electron chi connectivity index (χ3n) is 3.28. The van der Waals surface area contributed by atoms with Crippen LogP contribution in [0.3, 0.4) is 0 Å². The highest BCUT2D eigenvalue weighted by Crippen LogP contribution is 2.22. The Balaban J connectivity index is 2.20. The Morgan fingerprint density at radius 2 is 2.20 bits per heavy atom. The molecule has 1 amide bonds. The average Bonchev–Trinajstić information content (AvgIpc) is 2.83. The Hall–Kier alpha value is -1.88. The summed E-state index contributed by atoms with van der Waals surface area (Å²) >= 11 is 0. The van der Waals surface area contributed by atoms with E-state index < -0.39 is 11.7 Å². The zero-order chi connectivity index (χ0) is 14.7. The van der Waals surface area contributed by atoms with Crippen molar-refractivity contribution in [2.45, 2.75) is 26.3 Å². The monoisotopic (exact) mass is 279 g/mol. The predicted octanol–water partition coefficient (Wildman–Crippen LogP) is 2.71. The van der Waals surface area contributed by atoms with Crippen molar-refractivity contribution in [1.82, 2.24) is 5.32 Å². The number of fused-ring (bicyclic) bond motifs is 1. The van der Waals surface area contributed by atoms with Gasteiger partial charge in [0.15, 0.2) is 17.2 Å². The lowest BCUT2D eigenvalue weighted by Crippen LogP contribution is -2.39. The van der Waals surface area contributed by atoms with Gasteiger partial charge in [-0.05, 0) is 24.5 Å². The topological polar surface area (TPSA) is 62.5 Å². The van der Waals surface area contributed by atoms with Gasteiger partial charge in [-0.15, -0.1) is 0 Å². The Labute approximate surface area is 116 Å². The third-order valence-corrected chi connectivity index (χ3v) is 3.28. The van der Waals surface area contributed by atoms with Crippen molar-refractivity contribution in [2.24, 2.45) is 5.92 Å². The lowest BCUT2D eigenvalue weighted by molar-refractivity contribution is 0.0890. The molecule has 1 aromatic carbocycles. The number of hydrogen-bond donors (Lipinski definition) is 2. The molecule has 0 bridgehead atoms. The maximum atomic E-state index is 13.5. The molecule has 0 saturated carbocycles. The molecule has 0 aliphatic carbocycles. The number of benzene rings is 1. The molecular weight excluding hydrogens is 261 g/mol. The van der Waals surface area contributed by atoms with Crippen LogP contribution in [0.15, 0.2) is 28.7 Å². The number of rotatable bonds is 5. The molecule has 0 radical (unpaired) electrons. The van der Waals surface area contributed by atoms with E-state index in [1.54, 1.807) is 12.1 Å². The largest absolute Gasteiger partial charge is 0.448 e. The summed E-state index contributed by atoms with van der Waals surface area (Å²) in [6.45, 7) is 3.91. The number of para-hydroxylation sites is 1. The normalized spacial score (nSPS) is 12.8. The van der Waals surface area contributed by atoms with Gasteiger partial charge < -0.3 is 14.8 Å². The molecule has 0 aliphatic rings. The molecule has 108 valence electrons. The number of aliphatic hydroxyl groups is 1. The minimum Gasteiger partial charge on any atom is -0.448 e. The van der Waals surface area contributed by atoms with Gasteiger partial charge in [-0.2, -0.15) is 0 Å². The van der Waals surface area contributed by atoms with Crippen LogP contribution < -0.4 is 5.32 Å². The summed E-state index contributed by atoms with van der Waals surface area (Å²) in [6.07, 6.45) is 0.470. The summed E-state index contributed by atoms with van der Waals surface area (Å²) in [6, 6.07) is 5.91. The fourth-order valence-corrected chi connectivity index (χ4v) is 2.09. The first kappa shape index (κ1) is 14.5. The Bertz CT molecular complexity index is 606. The Morgan fingerprint density at radius 1 is 1.45 bits per heavy atom. The van der Waals surface area contributed by atoms with Crippen molar-refractivity contribution in [1.29, 1.82) is 0 Å². The van der Waals surface area contributed by atoms with Crippen molar-refractivity contribution in [3.8, 4) is 0 Å². The summed E-state index contributed by atoms with van der Waals surface area (Å²) in [4.78, 5) is 12.1. The fourth-order valence-electron chi connectivity index (χ4n) is 2.09. The van der Waals surface area contributed by atoms with Crippen LogP contribution >= 0.6 is 0 Å². The molecule has 0 aliphatic heterocycles. The van der Waals surface area contributed by atoms with Crippen LogP contribution in [0.1, 0.15) is 30.8 Å². The number of amides is 1. The number of furan rings is 1. The van der Waals surface area contributed by atoms with Gasteiger partial charge in [0.1, 0.15) is 0 Å². The number of carbonyl (C=O) groups is 1. The zero-order valence-electron chi connectivity index (χ0n) is 11.5. The van der Waals surface area contributed by atoms with Gasteiger partial charge >= 0.3 is 0 Å². The first-order chi connectivity index (χ1) is 9.52. The van der Waals surface area contributed by atoms with Gasteiger partial charge in [-0.1, -0.05) is 26.0 Å². The molecular formula is C15H18FNO3. The van der Waals surface area contributed by atoms with E-state index in [9.17, 15) is 9.18 Å². The number of nitrogens with one attached hydrogen (secondary N) is 1. The van der Waals surface area contributed by atoms with E-state index in [0.29, 0.717) is 11.8 Å². The van der Waals surface area contributed by atoms with Gasteiger partial charge in [0.05, 0.1) is 0 Å². The number of carbonyl (C=O) groups excluding carboxylic acids is 1. The van der Waals surface area contributed by atoms with Crippen LogP contribution in [0.2, 0.25) is 0 Å². The van der Waals surface area contributed by atoms with Gasteiger partial charge in [0.2, 0.25) is 0 Å². The van der Waals surface area contributed by atoms with Crippen LogP contribution in [0.4, 0.5) is 4.39 Å². The first-order valence-corrected chi connectivity index (χ1v) is 6.62. The van der Waals surface area contributed by atoms with E-state index in [-0.39, 0.29) is 29.9 Å². The highest BCUT2D eigenvalue weighted by molar-refractivity contribution is 5.96. The predicted molar refractivity (Wildman–Crippen MR) is 74.0 cm³/mol. The average molecular weight is 279 g/mol. The van der Waals surface area contributed by atoms with E-state index in [0.717, 1.165) is 0 Å². The number of hydrogen-bond acceptors (Lipinski definition) is 3. The summed E-state index contributed by atoms with van der Waals surface area (Å²) in [7, 11) is 0. The summed E-state index contributed by atoms with van der Waals surface area (Å²) in [5, 5.41) is 12.3. The van der Waals surface area contributed by atoms with Gasteiger partial charge in [-0.25, -0.2) is 4.39 Å². The third kappa shape index (κ3) is 2.99. The molecule has 0 saturated heterocycles. The van der Waals surface area contributed by atoms with E-state index in [1.807, 2.05) is 13.8 Å². The second-order valence-corrected chi connectivity index (χ2v) is 5.11. The maximum Gasteiger partial charge on any atom is 0.287 e. The van der Waals surface area contributed by atoms with Gasteiger partial charge in [-0.3, -0.25) is 4.79 Å². The summed E-state index contributed by atoms with van der Waals surface area (Å²) in [5.74, 6) is -0.619. The van der Waals surface area contributed by atoms with Crippen molar-refractivity contribution in [2.75, 3.05) is 6.61 Å². The minimum absolute atomic E-state index is 0.00210. The van der Waals surface area contributed by atoms with E-state index in [4.69, 9.17) is 9.52 Å². The summed E-state index contributed by atoms with van der Waals surface area (Å²) in [5.41, 5.74) is 0.0842. The van der Waals surface area contributed by atoms with Crippen LogP contribution in [0.25, 0.3) is 11.0 Å². The zero-order valence-corrected chi connectivity index (χ0v) is 11.5. The second kappa shape index (κ2) is 6.05. The molecule has 4 nitrogen and oxygen atoms in total. The molecule has 1 heterocycles. The number of aliphatic hydroxyl groups excluding tert-OH is 1. The smallest absolute Gasteiger partial charge is 0.287 e. The standard InChI is InChI=1S/C15H18FNO3/c1-9(2)12(6-7-18)17-15(19)13-8-10-4-3-5-11(16)14(10)20-13/h3-5,8-9,12,18H,6-7H2,1-2H3,(H,17,19). The highest BCUT2D eigenvalue weighted by Gasteiger charge is 2.20. The molecule has 0 spiro atoms. The van der Waals surface area contributed by atoms with Crippen LogP contribution in [0, 0.1) is 11.7 Å².